The average molecular weight is 376 g/mol. The lowest BCUT2D eigenvalue weighted by Crippen LogP contribution is -2.28. The molecule has 0 bridgehead atoms. The lowest BCUT2D eigenvalue weighted by molar-refractivity contribution is 0.0942. The molecule has 8 heteroatoms. The Bertz CT molecular complexity index is 1090. The fourth-order valence-electron chi connectivity index (χ4n) is 2.98. The molecule has 0 radical (unpaired) electrons. The third-order valence-corrected chi connectivity index (χ3v) is 4.33. The quantitative estimate of drug-likeness (QED) is 0.483. The van der Waals surface area contributed by atoms with Crippen LogP contribution in [0.15, 0.2) is 54.9 Å². The van der Waals surface area contributed by atoms with E-state index in [4.69, 9.17) is 4.74 Å². The van der Waals surface area contributed by atoms with Crippen molar-refractivity contribution in [1.82, 2.24) is 30.0 Å². The van der Waals surface area contributed by atoms with Gasteiger partial charge in [-0.1, -0.05) is 12.1 Å². The first-order valence-electron chi connectivity index (χ1n) is 8.98. The zero-order chi connectivity index (χ0) is 19.3. The van der Waals surface area contributed by atoms with E-state index in [0.717, 1.165) is 22.6 Å². The average Bonchev–Trinajstić information content (AvgIpc) is 3.31. The van der Waals surface area contributed by atoms with E-state index < -0.39 is 0 Å². The number of hydrogen-bond acceptors (Lipinski definition) is 5. The zero-order valence-electron chi connectivity index (χ0n) is 15.4. The van der Waals surface area contributed by atoms with E-state index in [2.05, 4.69) is 30.0 Å². The van der Waals surface area contributed by atoms with Crippen LogP contribution < -0.4 is 10.1 Å². The maximum absolute atomic E-state index is 12.3. The number of aryl methyl sites for hydroxylation is 1. The maximum Gasteiger partial charge on any atom is 0.271 e. The first-order chi connectivity index (χ1) is 13.7. The molecule has 0 spiro atoms. The van der Waals surface area contributed by atoms with Gasteiger partial charge in [-0.2, -0.15) is 5.10 Å². The zero-order valence-corrected chi connectivity index (χ0v) is 15.4. The summed E-state index contributed by atoms with van der Waals surface area (Å²) in [7, 11) is 0. The Labute approximate surface area is 161 Å². The van der Waals surface area contributed by atoms with Crippen molar-refractivity contribution in [2.24, 2.45) is 0 Å². The van der Waals surface area contributed by atoms with E-state index in [9.17, 15) is 4.79 Å². The van der Waals surface area contributed by atoms with Gasteiger partial charge in [-0.15, -0.1) is 0 Å². The van der Waals surface area contributed by atoms with Crippen molar-refractivity contribution >= 4 is 16.9 Å². The van der Waals surface area contributed by atoms with E-state index >= 15 is 0 Å². The molecule has 4 aromatic rings. The molecule has 0 saturated carbocycles. The van der Waals surface area contributed by atoms with Gasteiger partial charge in [0.25, 0.3) is 5.91 Å². The summed E-state index contributed by atoms with van der Waals surface area (Å²) in [4.78, 5) is 20.8. The lowest BCUT2D eigenvalue weighted by Gasteiger charge is -2.06. The van der Waals surface area contributed by atoms with Crippen LogP contribution in [0.4, 0.5) is 0 Å². The van der Waals surface area contributed by atoms with Crippen LogP contribution in [-0.2, 0) is 6.54 Å². The Morgan fingerprint density at radius 1 is 1.25 bits per heavy atom. The number of para-hydroxylation sites is 2. The largest absolute Gasteiger partial charge is 0.490 e. The number of aromatic nitrogens is 5. The molecule has 0 unspecified atom stereocenters. The summed E-state index contributed by atoms with van der Waals surface area (Å²) in [5.74, 6) is 1.33. The van der Waals surface area contributed by atoms with E-state index in [1.54, 1.807) is 24.5 Å². The molecule has 0 aliphatic carbocycles. The minimum atomic E-state index is -0.246. The molecule has 0 saturated heterocycles. The topological polar surface area (TPSA) is 97.7 Å². The Morgan fingerprint density at radius 3 is 3.00 bits per heavy atom. The molecule has 142 valence electrons. The van der Waals surface area contributed by atoms with E-state index in [0.29, 0.717) is 31.1 Å². The number of imidazole rings is 1. The second-order valence-electron chi connectivity index (χ2n) is 6.31. The number of ether oxygens (including phenoxy) is 1. The van der Waals surface area contributed by atoms with Crippen molar-refractivity contribution in [3.63, 3.8) is 0 Å². The molecule has 1 amide bonds. The summed E-state index contributed by atoms with van der Waals surface area (Å²) in [5, 5.41) is 9.85. The summed E-state index contributed by atoms with van der Waals surface area (Å²) < 4.78 is 7.60. The number of nitrogens with zero attached hydrogens (tertiary/aromatic N) is 4. The highest BCUT2D eigenvalue weighted by Gasteiger charge is 2.12. The monoisotopic (exact) mass is 376 g/mol. The molecule has 3 heterocycles. The predicted molar refractivity (Wildman–Crippen MR) is 104 cm³/mol. The first-order valence-corrected chi connectivity index (χ1v) is 8.98. The second kappa shape index (κ2) is 7.91. The van der Waals surface area contributed by atoms with Crippen LogP contribution in [0.2, 0.25) is 0 Å². The molecule has 2 N–H and O–H groups in total. The number of benzene rings is 1. The first kappa shape index (κ1) is 17.7. The van der Waals surface area contributed by atoms with Crippen molar-refractivity contribution in [2.75, 3.05) is 13.2 Å². The SMILES string of the molecule is Cc1nc2ccccc2n1Cc1cc(C(=O)NCCOc2cccnc2)n[nH]1. The summed E-state index contributed by atoms with van der Waals surface area (Å²) in [6.45, 7) is 3.26. The minimum Gasteiger partial charge on any atom is -0.490 e. The molecular weight excluding hydrogens is 356 g/mol. The molecule has 0 fully saturated rings. The highest BCUT2D eigenvalue weighted by molar-refractivity contribution is 5.92. The Balaban J connectivity index is 1.34. The van der Waals surface area contributed by atoms with Crippen LogP contribution in [0.3, 0.4) is 0 Å². The van der Waals surface area contributed by atoms with Gasteiger partial charge in [0.15, 0.2) is 0 Å². The number of carbonyl (C=O) groups excluding carboxylic acids is 1. The van der Waals surface area contributed by atoms with E-state index in [1.165, 1.54) is 0 Å². The van der Waals surface area contributed by atoms with Gasteiger partial charge in [-0.25, -0.2) is 4.98 Å². The Kier molecular flexibility index (Phi) is 5.01. The van der Waals surface area contributed by atoms with Crippen molar-refractivity contribution in [2.45, 2.75) is 13.5 Å². The van der Waals surface area contributed by atoms with Gasteiger partial charge in [0, 0.05) is 6.20 Å². The van der Waals surface area contributed by atoms with Gasteiger partial charge in [-0.05, 0) is 37.3 Å². The smallest absolute Gasteiger partial charge is 0.271 e. The standard InChI is InChI=1S/C20H20N6O2/c1-14-23-17-6-2-3-7-19(17)26(14)13-15-11-18(25-24-15)20(27)22-9-10-28-16-5-4-8-21-12-16/h2-8,11-12H,9-10,13H2,1H3,(H,22,27)(H,24,25). The normalized spacial score (nSPS) is 10.9. The maximum atomic E-state index is 12.3. The van der Waals surface area contributed by atoms with E-state index in [1.807, 2.05) is 37.3 Å². The number of aromatic amines is 1. The van der Waals surface area contributed by atoms with Gasteiger partial charge in [0.1, 0.15) is 23.9 Å². The van der Waals surface area contributed by atoms with Gasteiger partial charge >= 0.3 is 0 Å². The molecule has 3 aromatic heterocycles. The number of rotatable bonds is 7. The van der Waals surface area contributed by atoms with Crippen molar-refractivity contribution in [3.8, 4) is 5.75 Å². The third kappa shape index (κ3) is 3.85. The summed E-state index contributed by atoms with van der Waals surface area (Å²) in [6.07, 6.45) is 3.31. The number of pyridine rings is 1. The predicted octanol–water partition coefficient (Wildman–Crippen LogP) is 2.32. The van der Waals surface area contributed by atoms with Crippen molar-refractivity contribution < 1.29 is 9.53 Å². The molecule has 0 aliphatic heterocycles. The van der Waals surface area contributed by atoms with Crippen LogP contribution in [0.1, 0.15) is 22.0 Å². The summed E-state index contributed by atoms with van der Waals surface area (Å²) in [5.41, 5.74) is 3.18. The molecule has 28 heavy (non-hydrogen) atoms. The van der Waals surface area contributed by atoms with Crippen molar-refractivity contribution in [1.29, 1.82) is 0 Å². The number of fused-ring (bicyclic) bond motifs is 1. The number of amides is 1. The number of carbonyl (C=O) groups is 1. The lowest BCUT2D eigenvalue weighted by atomic mass is 10.3. The van der Waals surface area contributed by atoms with Gasteiger partial charge in [-0.3, -0.25) is 14.9 Å². The molecule has 8 nitrogen and oxygen atoms in total. The fraction of sp³-hybridized carbons (Fsp3) is 0.200. The van der Waals surface area contributed by atoms with Crippen molar-refractivity contribution in [3.05, 3.63) is 72.1 Å². The highest BCUT2D eigenvalue weighted by Crippen LogP contribution is 2.17. The van der Waals surface area contributed by atoms with Gasteiger partial charge < -0.3 is 14.6 Å². The van der Waals surface area contributed by atoms with Gasteiger partial charge in [0.05, 0.1) is 36.0 Å². The van der Waals surface area contributed by atoms with Crippen LogP contribution in [0.25, 0.3) is 11.0 Å². The molecule has 0 aliphatic rings. The summed E-state index contributed by atoms with van der Waals surface area (Å²) in [6, 6.07) is 13.3. The minimum absolute atomic E-state index is 0.246. The fourth-order valence-corrected chi connectivity index (χ4v) is 2.98. The number of H-pyrrole nitrogens is 1. The number of hydrogen-bond donors (Lipinski definition) is 2. The van der Waals surface area contributed by atoms with Crippen LogP contribution >= 0.6 is 0 Å². The van der Waals surface area contributed by atoms with Crippen LogP contribution in [0.5, 0.6) is 5.75 Å². The molecule has 4 rings (SSSR count). The molecule has 1 aromatic carbocycles. The van der Waals surface area contributed by atoms with Crippen LogP contribution in [0, 0.1) is 6.92 Å². The summed E-state index contributed by atoms with van der Waals surface area (Å²) >= 11 is 0. The second-order valence-corrected chi connectivity index (χ2v) is 6.31. The molecule has 0 atom stereocenters. The third-order valence-electron chi connectivity index (χ3n) is 4.33. The van der Waals surface area contributed by atoms with E-state index in [-0.39, 0.29) is 5.91 Å². The Hall–Kier alpha value is -3.68. The Morgan fingerprint density at radius 2 is 2.14 bits per heavy atom. The highest BCUT2D eigenvalue weighted by atomic mass is 16.5. The van der Waals surface area contributed by atoms with Gasteiger partial charge in [0.2, 0.25) is 0 Å². The number of nitrogens with one attached hydrogen (secondary N) is 2. The molecular formula is C20H20N6O2. The van der Waals surface area contributed by atoms with Crippen LogP contribution in [-0.4, -0.2) is 43.8 Å².